The van der Waals surface area contributed by atoms with Crippen molar-refractivity contribution in [3.05, 3.63) is 24.0 Å². The molecule has 5 heteroatoms. The van der Waals surface area contributed by atoms with E-state index in [1.807, 2.05) is 18.2 Å². The molecule has 0 amide bonds. The number of nitrogen functional groups attached to an aromatic ring is 1. The highest BCUT2D eigenvalue weighted by Gasteiger charge is 2.28. The number of fused-ring (bicyclic) bond motifs is 1. The molecule has 2 heterocycles. The third-order valence-electron chi connectivity index (χ3n) is 4.66. The van der Waals surface area contributed by atoms with Crippen LogP contribution in [0.3, 0.4) is 0 Å². The Morgan fingerprint density at radius 2 is 2.19 bits per heavy atom. The third-order valence-corrected chi connectivity index (χ3v) is 4.66. The first-order valence-corrected chi connectivity index (χ1v) is 7.63. The molecule has 1 aliphatic rings. The zero-order valence-corrected chi connectivity index (χ0v) is 13.0. The second-order valence-corrected chi connectivity index (χ2v) is 6.27. The zero-order chi connectivity index (χ0) is 15.1. The fraction of sp³-hybridized carbons (Fsp3) is 0.562. The minimum absolute atomic E-state index is 0.384. The molecule has 21 heavy (non-hydrogen) atoms. The van der Waals surface area contributed by atoms with Crippen molar-refractivity contribution in [2.45, 2.75) is 44.9 Å². The van der Waals surface area contributed by atoms with Crippen molar-refractivity contribution in [1.82, 2.24) is 14.5 Å². The second kappa shape index (κ2) is 5.31. The van der Waals surface area contributed by atoms with Crippen LogP contribution in [0.4, 0.5) is 5.69 Å². The molecule has 3 rings (SSSR count). The molecule has 3 N–H and O–H groups in total. The topological polar surface area (TPSA) is 67.3 Å². The summed E-state index contributed by atoms with van der Waals surface area (Å²) in [6, 6.07) is 6.74. The Morgan fingerprint density at radius 3 is 2.86 bits per heavy atom. The lowest BCUT2D eigenvalue weighted by Gasteiger charge is -2.36. The van der Waals surface area contributed by atoms with E-state index in [1.54, 1.807) is 6.92 Å². The van der Waals surface area contributed by atoms with Gasteiger partial charge in [0.05, 0.1) is 11.0 Å². The highest BCUT2D eigenvalue weighted by molar-refractivity contribution is 5.80. The summed E-state index contributed by atoms with van der Waals surface area (Å²) < 4.78 is 2.23. The van der Waals surface area contributed by atoms with Gasteiger partial charge in [-0.15, -0.1) is 0 Å². The summed E-state index contributed by atoms with van der Waals surface area (Å²) in [6.07, 6.45) is 1.58. The number of benzene rings is 1. The average Bonchev–Trinajstić information content (AvgIpc) is 2.80. The minimum atomic E-state index is -0.575. The molecule has 0 bridgehead atoms. The summed E-state index contributed by atoms with van der Waals surface area (Å²) in [7, 11) is 2.17. The van der Waals surface area contributed by atoms with E-state index >= 15 is 0 Å². The number of anilines is 1. The second-order valence-electron chi connectivity index (χ2n) is 6.27. The van der Waals surface area contributed by atoms with Crippen LogP contribution in [-0.4, -0.2) is 39.2 Å². The quantitative estimate of drug-likeness (QED) is 0.832. The van der Waals surface area contributed by atoms with E-state index in [4.69, 9.17) is 5.73 Å². The number of hydrogen-bond acceptors (Lipinski definition) is 4. The fourth-order valence-electron chi connectivity index (χ4n) is 3.31. The zero-order valence-electron chi connectivity index (χ0n) is 13.0. The highest BCUT2D eigenvalue weighted by atomic mass is 16.3. The largest absolute Gasteiger partial charge is 0.399 e. The minimum Gasteiger partial charge on any atom is -0.399 e. The van der Waals surface area contributed by atoms with Gasteiger partial charge in [0.2, 0.25) is 0 Å². The maximum atomic E-state index is 10.1. The molecule has 0 spiro atoms. The Kier molecular flexibility index (Phi) is 3.63. The number of imidazole rings is 1. The van der Waals surface area contributed by atoms with Crippen molar-refractivity contribution in [2.24, 2.45) is 0 Å². The first kappa shape index (κ1) is 14.4. The van der Waals surface area contributed by atoms with Crippen molar-refractivity contribution in [1.29, 1.82) is 0 Å². The molecule has 1 aromatic heterocycles. The molecule has 1 aromatic carbocycles. The molecule has 3 unspecified atom stereocenters. The summed E-state index contributed by atoms with van der Waals surface area (Å²) in [5.41, 5.74) is 8.51. The van der Waals surface area contributed by atoms with Crippen LogP contribution in [0.1, 0.15) is 44.7 Å². The van der Waals surface area contributed by atoms with E-state index in [0.29, 0.717) is 17.8 Å². The number of nitrogens with two attached hydrogens (primary N) is 1. The Morgan fingerprint density at radius 1 is 1.43 bits per heavy atom. The van der Waals surface area contributed by atoms with Gasteiger partial charge in [0.1, 0.15) is 11.9 Å². The van der Waals surface area contributed by atoms with Gasteiger partial charge in [-0.2, -0.15) is 0 Å². The molecule has 1 fully saturated rings. The van der Waals surface area contributed by atoms with Gasteiger partial charge in [0, 0.05) is 24.3 Å². The van der Waals surface area contributed by atoms with Gasteiger partial charge in [-0.3, -0.25) is 0 Å². The summed E-state index contributed by atoms with van der Waals surface area (Å²) >= 11 is 0. The number of nitrogens with zero attached hydrogens (tertiary/aromatic N) is 3. The number of aliphatic hydroxyl groups is 1. The fourth-order valence-corrected chi connectivity index (χ4v) is 3.31. The molecular weight excluding hydrogens is 264 g/mol. The Balaban J connectivity index is 2.09. The highest BCUT2D eigenvalue weighted by Crippen LogP contribution is 2.33. The van der Waals surface area contributed by atoms with Gasteiger partial charge < -0.3 is 20.3 Å². The SMILES string of the molecule is CC(O)c1nc2cc(N)ccc2n1C1CCN(C)C(C)C1. The van der Waals surface area contributed by atoms with Gasteiger partial charge in [-0.25, -0.2) is 4.98 Å². The van der Waals surface area contributed by atoms with Gasteiger partial charge in [0.15, 0.2) is 0 Å². The average molecular weight is 288 g/mol. The molecule has 3 atom stereocenters. The molecule has 5 nitrogen and oxygen atoms in total. The molecule has 1 saturated heterocycles. The van der Waals surface area contributed by atoms with Crippen molar-refractivity contribution >= 4 is 16.7 Å². The first-order chi connectivity index (χ1) is 9.97. The molecule has 0 saturated carbocycles. The van der Waals surface area contributed by atoms with Crippen LogP contribution >= 0.6 is 0 Å². The summed E-state index contributed by atoms with van der Waals surface area (Å²) in [4.78, 5) is 7.00. The van der Waals surface area contributed by atoms with Crippen LogP contribution in [0.15, 0.2) is 18.2 Å². The lowest BCUT2D eigenvalue weighted by molar-refractivity contribution is 0.142. The molecule has 0 radical (unpaired) electrons. The predicted octanol–water partition coefficient (Wildman–Crippen LogP) is 2.33. The summed E-state index contributed by atoms with van der Waals surface area (Å²) in [6.45, 7) is 5.10. The summed E-state index contributed by atoms with van der Waals surface area (Å²) in [5.74, 6) is 0.748. The van der Waals surface area contributed by atoms with E-state index < -0.39 is 6.10 Å². The van der Waals surface area contributed by atoms with Gasteiger partial charge >= 0.3 is 0 Å². The maximum Gasteiger partial charge on any atom is 0.138 e. The van der Waals surface area contributed by atoms with Crippen LogP contribution in [0.2, 0.25) is 0 Å². The number of aliphatic hydroxyl groups excluding tert-OH is 1. The third kappa shape index (κ3) is 2.51. The molecule has 2 aromatic rings. The molecular formula is C16H24N4O. The van der Waals surface area contributed by atoms with E-state index in [-0.39, 0.29) is 0 Å². The van der Waals surface area contributed by atoms with E-state index in [2.05, 4.69) is 28.4 Å². The molecule has 114 valence electrons. The van der Waals surface area contributed by atoms with E-state index in [0.717, 1.165) is 36.2 Å². The van der Waals surface area contributed by atoms with Crippen LogP contribution in [0.25, 0.3) is 11.0 Å². The van der Waals surface area contributed by atoms with Crippen molar-refractivity contribution in [2.75, 3.05) is 19.3 Å². The van der Waals surface area contributed by atoms with Crippen LogP contribution in [0, 0.1) is 0 Å². The lowest BCUT2D eigenvalue weighted by atomic mass is 9.98. The number of likely N-dealkylation sites (tertiary alicyclic amines) is 1. The van der Waals surface area contributed by atoms with Gasteiger partial charge in [-0.1, -0.05) is 0 Å². The lowest BCUT2D eigenvalue weighted by Crippen LogP contribution is -2.38. The van der Waals surface area contributed by atoms with Crippen molar-refractivity contribution in [3.63, 3.8) is 0 Å². The Hall–Kier alpha value is -1.59. The molecule has 1 aliphatic heterocycles. The Labute approximate surface area is 125 Å². The smallest absolute Gasteiger partial charge is 0.138 e. The van der Waals surface area contributed by atoms with Crippen LogP contribution in [-0.2, 0) is 0 Å². The monoisotopic (exact) mass is 288 g/mol. The number of hydrogen-bond donors (Lipinski definition) is 2. The van der Waals surface area contributed by atoms with Gasteiger partial charge in [0.25, 0.3) is 0 Å². The van der Waals surface area contributed by atoms with Crippen LogP contribution < -0.4 is 5.73 Å². The Bertz CT molecular complexity index is 649. The van der Waals surface area contributed by atoms with Crippen LogP contribution in [0.5, 0.6) is 0 Å². The van der Waals surface area contributed by atoms with E-state index in [9.17, 15) is 5.11 Å². The number of aromatic nitrogens is 2. The predicted molar refractivity (Wildman–Crippen MR) is 85.1 cm³/mol. The summed E-state index contributed by atoms with van der Waals surface area (Å²) in [5, 5.41) is 10.1. The standard InChI is InChI=1S/C16H24N4O/c1-10-8-13(6-7-19(10)3)20-15-5-4-12(17)9-14(15)18-16(20)11(2)21/h4-5,9-11,13,21H,6-8,17H2,1-3H3. The normalized spacial score (nSPS) is 25.3. The first-order valence-electron chi connectivity index (χ1n) is 7.63. The van der Waals surface area contributed by atoms with E-state index in [1.165, 1.54) is 0 Å². The molecule has 0 aliphatic carbocycles. The van der Waals surface area contributed by atoms with Crippen molar-refractivity contribution < 1.29 is 5.11 Å². The van der Waals surface area contributed by atoms with Gasteiger partial charge in [-0.05, 0) is 51.9 Å². The van der Waals surface area contributed by atoms with Crippen molar-refractivity contribution in [3.8, 4) is 0 Å². The number of piperidine rings is 1. The maximum absolute atomic E-state index is 10.1. The number of rotatable bonds is 2.